The Labute approximate surface area is 122 Å². The summed E-state index contributed by atoms with van der Waals surface area (Å²) in [4.78, 5) is 0. The van der Waals surface area contributed by atoms with Crippen LogP contribution < -0.4 is 0 Å². The summed E-state index contributed by atoms with van der Waals surface area (Å²) < 4.78 is 0. The number of rotatable bonds is 2. The molecule has 96 valence electrons. The van der Waals surface area contributed by atoms with E-state index in [0.29, 0.717) is 0 Å². The zero-order chi connectivity index (χ0) is 15.2. The van der Waals surface area contributed by atoms with Crippen molar-refractivity contribution in [3.63, 3.8) is 0 Å². The molecular formula is C17H8N4. The molecule has 0 saturated heterocycles. The molecule has 0 aliphatic heterocycles. The van der Waals surface area contributed by atoms with Crippen molar-refractivity contribution < 1.29 is 0 Å². The topological polar surface area (TPSA) is 95.2 Å². The summed E-state index contributed by atoms with van der Waals surface area (Å²) in [5, 5.41) is 35.4. The van der Waals surface area contributed by atoms with E-state index in [0.717, 1.165) is 16.7 Å². The average Bonchev–Trinajstić information content (AvgIpc) is 2.88. The van der Waals surface area contributed by atoms with Gasteiger partial charge in [0, 0.05) is 5.92 Å². The van der Waals surface area contributed by atoms with Gasteiger partial charge in [0.2, 0.25) is 0 Å². The van der Waals surface area contributed by atoms with E-state index in [-0.39, 0.29) is 17.1 Å². The van der Waals surface area contributed by atoms with Crippen LogP contribution in [0.2, 0.25) is 0 Å². The number of hydrogen-bond acceptors (Lipinski definition) is 4. The summed E-state index contributed by atoms with van der Waals surface area (Å²) in [7, 11) is 0. The van der Waals surface area contributed by atoms with Gasteiger partial charge in [0.1, 0.15) is 35.4 Å². The van der Waals surface area contributed by atoms with E-state index >= 15 is 0 Å². The second-order valence-electron chi connectivity index (χ2n) is 4.32. The molecule has 0 heterocycles. The lowest BCUT2D eigenvalue weighted by Gasteiger charge is -2.05. The van der Waals surface area contributed by atoms with Crippen LogP contribution in [0.15, 0.2) is 53.6 Å². The summed E-state index contributed by atoms with van der Waals surface area (Å²) in [5.74, 6) is -0.208. The highest BCUT2D eigenvalue weighted by Gasteiger charge is 2.21. The van der Waals surface area contributed by atoms with Crippen molar-refractivity contribution in [2.75, 3.05) is 0 Å². The SMILES string of the molecule is N#CC(C#N)=CC1=CC(C=C(C#N)C#N)c2ccccc21. The normalized spacial score (nSPS) is 14.3. The third kappa shape index (κ3) is 2.71. The van der Waals surface area contributed by atoms with E-state index in [2.05, 4.69) is 0 Å². The molecule has 1 aliphatic rings. The lowest BCUT2D eigenvalue weighted by Crippen LogP contribution is -1.90. The van der Waals surface area contributed by atoms with Crippen molar-refractivity contribution in [3.8, 4) is 24.3 Å². The van der Waals surface area contributed by atoms with E-state index in [4.69, 9.17) is 21.0 Å². The Morgan fingerprint density at radius 2 is 1.52 bits per heavy atom. The Morgan fingerprint density at radius 3 is 2.14 bits per heavy atom. The fourth-order valence-electron chi connectivity index (χ4n) is 2.21. The Morgan fingerprint density at radius 1 is 0.905 bits per heavy atom. The van der Waals surface area contributed by atoms with E-state index < -0.39 is 0 Å². The Balaban J connectivity index is 2.56. The highest BCUT2D eigenvalue weighted by Crippen LogP contribution is 2.38. The maximum absolute atomic E-state index is 8.86. The monoisotopic (exact) mass is 268 g/mol. The van der Waals surface area contributed by atoms with Crippen LogP contribution in [0.3, 0.4) is 0 Å². The molecule has 0 aromatic heterocycles. The number of nitrogens with zero attached hydrogens (tertiary/aromatic N) is 4. The smallest absolute Gasteiger partial charge is 0.130 e. The fourth-order valence-corrected chi connectivity index (χ4v) is 2.21. The first-order valence-corrected chi connectivity index (χ1v) is 6.08. The third-order valence-corrected chi connectivity index (χ3v) is 3.12. The van der Waals surface area contributed by atoms with Gasteiger partial charge in [-0.05, 0) is 28.9 Å². The lowest BCUT2D eigenvalue weighted by molar-refractivity contribution is 1.10. The van der Waals surface area contributed by atoms with Crippen LogP contribution in [0, 0.1) is 45.3 Å². The molecule has 0 saturated carbocycles. The summed E-state index contributed by atoms with van der Waals surface area (Å²) in [6.07, 6.45) is 4.94. The van der Waals surface area contributed by atoms with E-state index in [1.165, 1.54) is 6.08 Å². The molecule has 0 amide bonds. The van der Waals surface area contributed by atoms with Gasteiger partial charge in [-0.15, -0.1) is 0 Å². The molecule has 0 N–H and O–H groups in total. The second-order valence-corrected chi connectivity index (χ2v) is 4.32. The molecule has 21 heavy (non-hydrogen) atoms. The number of allylic oxidation sites excluding steroid dienone is 6. The van der Waals surface area contributed by atoms with Gasteiger partial charge in [-0.1, -0.05) is 30.3 Å². The minimum Gasteiger partial charge on any atom is -0.192 e. The van der Waals surface area contributed by atoms with Gasteiger partial charge in [-0.25, -0.2) is 0 Å². The van der Waals surface area contributed by atoms with Crippen LogP contribution in [0.4, 0.5) is 0 Å². The third-order valence-electron chi connectivity index (χ3n) is 3.12. The van der Waals surface area contributed by atoms with Crippen LogP contribution in [0.25, 0.3) is 5.57 Å². The first kappa shape index (κ1) is 13.8. The summed E-state index contributed by atoms with van der Waals surface area (Å²) in [6.45, 7) is 0. The quantitative estimate of drug-likeness (QED) is 0.770. The maximum atomic E-state index is 8.86. The zero-order valence-electron chi connectivity index (χ0n) is 10.9. The molecule has 1 aromatic rings. The maximum Gasteiger partial charge on any atom is 0.130 e. The minimum absolute atomic E-state index is 0.0153. The number of hydrogen-bond donors (Lipinski definition) is 0. The van der Waals surface area contributed by atoms with Crippen molar-refractivity contribution in [3.05, 3.63) is 64.8 Å². The van der Waals surface area contributed by atoms with Gasteiger partial charge in [-0.2, -0.15) is 21.0 Å². The molecule has 4 nitrogen and oxygen atoms in total. The standard InChI is InChI=1S/C17H8N4/c18-8-12(9-19)5-14-7-15(6-13(10-20)11-21)17-4-2-1-3-16(14)17/h1-7,14H. The molecule has 0 radical (unpaired) electrons. The highest BCUT2D eigenvalue weighted by molar-refractivity contribution is 5.83. The van der Waals surface area contributed by atoms with Crippen LogP contribution >= 0.6 is 0 Å². The van der Waals surface area contributed by atoms with Crippen molar-refractivity contribution in [1.29, 1.82) is 21.0 Å². The van der Waals surface area contributed by atoms with Crippen LogP contribution in [0.1, 0.15) is 17.0 Å². The van der Waals surface area contributed by atoms with Crippen LogP contribution in [-0.2, 0) is 0 Å². The molecule has 1 aromatic carbocycles. The first-order chi connectivity index (χ1) is 10.2. The number of fused-ring (bicyclic) bond motifs is 1. The molecule has 0 spiro atoms. The zero-order valence-corrected chi connectivity index (χ0v) is 10.9. The Hall–Kier alpha value is -3.60. The molecule has 2 rings (SSSR count). The molecular weight excluding hydrogens is 260 g/mol. The highest BCUT2D eigenvalue weighted by atomic mass is 14.3. The Bertz CT molecular complexity index is 810. The largest absolute Gasteiger partial charge is 0.192 e. The minimum atomic E-state index is -0.208. The molecule has 1 aliphatic carbocycles. The van der Waals surface area contributed by atoms with Gasteiger partial charge < -0.3 is 0 Å². The fraction of sp³-hybridized carbons (Fsp3) is 0.0588. The van der Waals surface area contributed by atoms with Crippen molar-refractivity contribution in [2.45, 2.75) is 5.92 Å². The van der Waals surface area contributed by atoms with E-state index in [1.54, 1.807) is 6.08 Å². The molecule has 0 bridgehead atoms. The van der Waals surface area contributed by atoms with Gasteiger partial charge >= 0.3 is 0 Å². The molecule has 1 unspecified atom stereocenters. The average molecular weight is 268 g/mol. The van der Waals surface area contributed by atoms with Gasteiger partial charge in [-0.3, -0.25) is 0 Å². The van der Waals surface area contributed by atoms with Crippen molar-refractivity contribution >= 4 is 5.57 Å². The molecule has 4 heteroatoms. The second kappa shape index (κ2) is 6.03. The summed E-state index contributed by atoms with van der Waals surface area (Å²) in [6, 6.07) is 14.8. The van der Waals surface area contributed by atoms with Gasteiger partial charge in [0.15, 0.2) is 0 Å². The molecule has 0 fully saturated rings. The lowest BCUT2D eigenvalue weighted by atomic mass is 9.98. The Kier molecular flexibility index (Phi) is 3.97. The van der Waals surface area contributed by atoms with Crippen molar-refractivity contribution in [2.24, 2.45) is 0 Å². The summed E-state index contributed by atoms with van der Waals surface area (Å²) >= 11 is 0. The molecule has 1 atom stereocenters. The van der Waals surface area contributed by atoms with Crippen molar-refractivity contribution in [1.82, 2.24) is 0 Å². The number of benzene rings is 1. The van der Waals surface area contributed by atoms with E-state index in [1.807, 2.05) is 54.6 Å². The van der Waals surface area contributed by atoms with Gasteiger partial charge in [0.25, 0.3) is 0 Å². The van der Waals surface area contributed by atoms with Crippen LogP contribution in [0.5, 0.6) is 0 Å². The van der Waals surface area contributed by atoms with E-state index in [9.17, 15) is 0 Å². The first-order valence-electron chi connectivity index (χ1n) is 6.08. The predicted molar refractivity (Wildman–Crippen MR) is 75.8 cm³/mol. The predicted octanol–water partition coefficient (Wildman–Crippen LogP) is 3.11. The van der Waals surface area contributed by atoms with Gasteiger partial charge in [0.05, 0.1) is 0 Å². The van der Waals surface area contributed by atoms with Crippen LogP contribution in [-0.4, -0.2) is 0 Å². The summed E-state index contributed by atoms with van der Waals surface area (Å²) in [5.41, 5.74) is 2.65. The number of nitriles is 4.